The molecule has 12 amide bonds. The third kappa shape index (κ3) is 23.1. The third-order valence-electron chi connectivity index (χ3n) is 14.8. The Morgan fingerprint density at radius 3 is 1.93 bits per heavy atom. The number of unbranched alkanes of at least 4 members (excludes halogenated alkanes) is 1. The number of carbonyl (C=O) groups excluding carboxylic acids is 13. The first-order valence-electron chi connectivity index (χ1n) is 29.8. The number of nitrogens with two attached hydrogens (primary N) is 4. The van der Waals surface area contributed by atoms with E-state index in [-0.39, 0.29) is 118 Å². The van der Waals surface area contributed by atoms with E-state index in [1.807, 2.05) is 0 Å². The van der Waals surface area contributed by atoms with Gasteiger partial charge in [-0.25, -0.2) is 10.1 Å². The predicted molar refractivity (Wildman–Crippen MR) is 325 cm³/mol. The summed E-state index contributed by atoms with van der Waals surface area (Å²) < 4.78 is 4.89. The van der Waals surface area contributed by atoms with Crippen LogP contribution in [0.2, 0.25) is 0 Å². The first kappa shape index (κ1) is 76.6. The van der Waals surface area contributed by atoms with E-state index in [0.717, 1.165) is 26.0 Å². The molecule has 3 aliphatic heterocycles. The van der Waals surface area contributed by atoms with Gasteiger partial charge >= 0.3 is 0 Å². The molecule has 12 unspecified atom stereocenters. The zero-order chi connectivity index (χ0) is 69.9. The Morgan fingerprint density at radius 2 is 1.32 bits per heavy atom. The van der Waals surface area contributed by atoms with E-state index in [1.54, 1.807) is 0 Å². The highest BCUT2D eigenvalue weighted by atomic mass is 16.5. The summed E-state index contributed by atoms with van der Waals surface area (Å²) in [7, 11) is 0. The molecule has 1 aromatic rings. The molecule has 1 fully saturated rings. The van der Waals surface area contributed by atoms with Gasteiger partial charge in [0.1, 0.15) is 61.0 Å². The van der Waals surface area contributed by atoms with E-state index in [4.69, 9.17) is 27.7 Å². The van der Waals surface area contributed by atoms with Crippen molar-refractivity contribution in [2.45, 2.75) is 164 Å². The van der Waals surface area contributed by atoms with Gasteiger partial charge in [0.25, 0.3) is 12.4 Å². The average molecular weight is 1330 g/mol. The van der Waals surface area contributed by atoms with Crippen LogP contribution in [0, 0.1) is 0 Å². The number of hydrogen-bond donors (Lipinski definition) is 20. The molecule has 4 rings (SSSR count). The molecule has 24 N–H and O–H groups in total. The van der Waals surface area contributed by atoms with Crippen LogP contribution in [0.25, 0.3) is 6.08 Å². The third-order valence-corrected chi connectivity index (χ3v) is 14.8. The lowest BCUT2D eigenvalue weighted by molar-refractivity contribution is -0.173. The Balaban J connectivity index is 1.56. The molecule has 520 valence electrons. The summed E-state index contributed by atoms with van der Waals surface area (Å²) >= 11 is 0. The van der Waals surface area contributed by atoms with Gasteiger partial charge in [-0.3, -0.25) is 82.7 Å². The predicted octanol–water partition coefficient (Wildman–Crippen LogP) is -8.56. The van der Waals surface area contributed by atoms with Crippen LogP contribution in [0.1, 0.15) is 96.5 Å². The molecular weight excluding hydrogens is 1250 g/mol. The Hall–Kier alpha value is -9.83. The largest absolute Gasteiger partial charge is 0.504 e. The SMILES string of the molecule is CC(O)C(NC(=O)C(CCCN(O)C=O)NC(=O)C(CO)NC(=O)C(CCCN=C(N)N)NC(=O)C(COC=O)NC(=O)C1CC=NC2C(NC(=O)CCC(N)=O)=Cc3cc(O)c(O)cc3N12)C(=O)NC(C(=O)NC(CCCCN)C(=O)NC1CCCN(O)C1=O)C(C)O. The Labute approximate surface area is 537 Å². The van der Waals surface area contributed by atoms with E-state index in [1.165, 1.54) is 17.2 Å². The van der Waals surface area contributed by atoms with Crippen molar-refractivity contribution in [2.75, 3.05) is 44.3 Å². The van der Waals surface area contributed by atoms with Crippen LogP contribution in [0.4, 0.5) is 5.69 Å². The first-order valence-corrected chi connectivity index (χ1v) is 29.8. The number of fused-ring (bicyclic) bond motifs is 3. The molecule has 0 spiro atoms. The summed E-state index contributed by atoms with van der Waals surface area (Å²) in [5.41, 5.74) is 22.1. The number of ether oxygens (including phenoxy) is 1. The van der Waals surface area contributed by atoms with Crippen LogP contribution in [0.3, 0.4) is 0 Å². The summed E-state index contributed by atoms with van der Waals surface area (Å²) in [5.74, 6) is -13.0. The highest BCUT2D eigenvalue weighted by Gasteiger charge is 2.43. The minimum absolute atomic E-state index is 0.0209. The number of guanidine groups is 1. The number of aromatic hydroxyl groups is 2. The number of piperidine rings is 1. The number of aliphatic hydroxyl groups is 3. The molecule has 3 aliphatic rings. The van der Waals surface area contributed by atoms with Crippen molar-refractivity contribution in [2.24, 2.45) is 32.9 Å². The van der Waals surface area contributed by atoms with Gasteiger partial charge in [0.15, 0.2) is 23.6 Å². The lowest BCUT2D eigenvalue weighted by Gasteiger charge is -2.43. The van der Waals surface area contributed by atoms with Crippen molar-refractivity contribution in [1.82, 2.24) is 58.0 Å². The molecule has 1 saturated heterocycles. The number of hydrogen-bond acceptors (Lipinski definition) is 25. The fourth-order valence-corrected chi connectivity index (χ4v) is 9.85. The number of rotatable bonds is 39. The first-order chi connectivity index (χ1) is 44.5. The maximum Gasteiger partial charge on any atom is 0.293 e. The minimum atomic E-state index is -2.00. The number of aliphatic hydroxyl groups excluding tert-OH is 3. The fourth-order valence-electron chi connectivity index (χ4n) is 9.85. The van der Waals surface area contributed by atoms with Crippen LogP contribution in [-0.2, 0) is 67.1 Å². The van der Waals surface area contributed by atoms with Crippen molar-refractivity contribution in [3.8, 4) is 11.5 Å². The molecular formula is C55H84N18O21. The second-order valence-corrected chi connectivity index (χ2v) is 22.1. The van der Waals surface area contributed by atoms with Crippen LogP contribution >= 0.6 is 0 Å². The molecule has 0 aromatic heterocycles. The smallest absolute Gasteiger partial charge is 0.293 e. The maximum atomic E-state index is 14.4. The molecule has 39 heteroatoms. The van der Waals surface area contributed by atoms with Crippen LogP contribution in [-0.4, -0.2) is 248 Å². The molecule has 1 aromatic carbocycles. The molecule has 94 heavy (non-hydrogen) atoms. The van der Waals surface area contributed by atoms with Crippen molar-refractivity contribution in [3.63, 3.8) is 0 Å². The van der Waals surface area contributed by atoms with Gasteiger partial charge in [-0.1, -0.05) is 0 Å². The number of anilines is 1. The van der Waals surface area contributed by atoms with E-state index in [2.05, 4.69) is 57.8 Å². The number of phenolic OH excluding ortho intramolecular Hbond substituents is 2. The maximum absolute atomic E-state index is 14.4. The summed E-state index contributed by atoms with van der Waals surface area (Å²) in [4.78, 5) is 182. The Kier molecular flexibility index (Phi) is 30.7. The monoisotopic (exact) mass is 1330 g/mol. The standard InChI is InChI=1S/C55H84N18O21/c1-27(77)43(52(89)65-30(8-3-4-15-56)46(83)66-33-11-7-19-72(93)54(33)91)70-53(90)44(28(2)78)69-48(85)32(10-6-18-71(92)25-75)63-49(86)35(23-74)67-47(84)31(9-5-16-61-55(58)59)64-50(87)36(24-94-26-76)68-51(88)37-14-17-60-45-34(62-42(82)13-12-41(57)81)20-29-21-39(79)40(80)22-38(29)73(37)45/h17,20-22,25-28,30-33,35-37,43-45,74,77-80,92-93H,3-16,18-19,23-24,56H2,1-2H3,(H2,57,81)(H,62,82)(H,63,86)(H,64,87)(H,65,89)(H,66,83)(H,67,84)(H,68,88)(H,69,85)(H,70,90)(H4,58,59,61). The summed E-state index contributed by atoms with van der Waals surface area (Å²) in [5, 5.41) is 94.8. The summed E-state index contributed by atoms with van der Waals surface area (Å²) in [6, 6.07) is -12.8. The topological polar surface area (TPSA) is 620 Å². The van der Waals surface area contributed by atoms with Gasteiger partial charge < -0.3 is 106 Å². The van der Waals surface area contributed by atoms with E-state index >= 15 is 0 Å². The lowest BCUT2D eigenvalue weighted by atomic mass is 9.97. The number of benzene rings is 1. The molecule has 12 atom stereocenters. The van der Waals surface area contributed by atoms with Gasteiger partial charge in [-0.05, 0) is 90.3 Å². The number of primary amides is 1. The van der Waals surface area contributed by atoms with E-state index < -0.39 is 175 Å². The lowest BCUT2D eigenvalue weighted by Crippen LogP contribution is -2.63. The summed E-state index contributed by atoms with van der Waals surface area (Å²) in [6.07, 6.45) is -2.84. The quantitative estimate of drug-likeness (QED) is 0.00554. The normalized spacial score (nSPS) is 18.4. The number of amides is 12. The minimum Gasteiger partial charge on any atom is -0.504 e. The van der Waals surface area contributed by atoms with Crippen molar-refractivity contribution >= 4 is 102 Å². The van der Waals surface area contributed by atoms with Crippen LogP contribution in [0.5, 0.6) is 11.5 Å². The van der Waals surface area contributed by atoms with E-state index in [9.17, 15) is 98.3 Å². The number of aliphatic imine (C=N–C) groups is 2. The second kappa shape index (κ2) is 37.6. The zero-order valence-electron chi connectivity index (χ0n) is 51.5. The van der Waals surface area contributed by atoms with Crippen molar-refractivity contribution in [1.29, 1.82) is 0 Å². The highest BCUT2D eigenvalue weighted by molar-refractivity contribution is 6.00. The van der Waals surface area contributed by atoms with Crippen molar-refractivity contribution in [3.05, 3.63) is 23.4 Å². The van der Waals surface area contributed by atoms with Gasteiger partial charge in [0.05, 0.1) is 30.2 Å². The Bertz CT molecular complexity index is 2980. The number of hydroxylamine groups is 4. The van der Waals surface area contributed by atoms with Gasteiger partial charge in [-0.15, -0.1) is 0 Å². The van der Waals surface area contributed by atoms with Crippen LogP contribution in [0.15, 0.2) is 27.8 Å². The van der Waals surface area contributed by atoms with Gasteiger partial charge in [0, 0.05) is 56.7 Å². The van der Waals surface area contributed by atoms with Gasteiger partial charge in [0.2, 0.25) is 65.5 Å². The molecule has 0 radical (unpaired) electrons. The summed E-state index contributed by atoms with van der Waals surface area (Å²) in [6.45, 7) is -0.354. The number of nitrogens with zero attached hydrogens (tertiary/aromatic N) is 5. The van der Waals surface area contributed by atoms with Gasteiger partial charge in [-0.2, -0.15) is 0 Å². The second-order valence-electron chi connectivity index (χ2n) is 22.1. The van der Waals surface area contributed by atoms with E-state index in [0.29, 0.717) is 17.9 Å². The number of carbonyl (C=O) groups is 13. The molecule has 0 saturated carbocycles. The Morgan fingerprint density at radius 1 is 0.755 bits per heavy atom. The average Bonchev–Trinajstić information content (AvgIpc) is 0.750. The molecule has 3 heterocycles. The number of nitrogens with one attached hydrogen (secondary N) is 9. The molecule has 39 nitrogen and oxygen atoms in total. The molecule has 0 aliphatic carbocycles. The van der Waals surface area contributed by atoms with Crippen LogP contribution < -0.4 is 75.7 Å². The highest BCUT2D eigenvalue weighted by Crippen LogP contribution is 2.42. The molecule has 0 bridgehead atoms. The number of phenols is 2. The van der Waals surface area contributed by atoms with Crippen molar-refractivity contribution < 1.29 is 103 Å². The zero-order valence-corrected chi connectivity index (χ0v) is 51.5. The fraction of sp³-hybridized carbons (Fsp3) is 0.582.